The number of furan rings is 1. The first-order valence-corrected chi connectivity index (χ1v) is 7.93. The molecule has 0 radical (unpaired) electrons. The maximum atomic E-state index is 11.8. The van der Waals surface area contributed by atoms with Gasteiger partial charge in [-0.15, -0.1) is 0 Å². The highest BCUT2D eigenvalue weighted by atomic mass is 16.4. The van der Waals surface area contributed by atoms with E-state index in [0.717, 1.165) is 25.8 Å². The Morgan fingerprint density at radius 2 is 2.38 bits per heavy atom. The molecule has 1 aromatic rings. The second-order valence-electron chi connectivity index (χ2n) is 5.69. The number of rotatable bonds is 6. The third-order valence-electron chi connectivity index (χ3n) is 4.09. The summed E-state index contributed by atoms with van der Waals surface area (Å²) in [6.45, 7) is 3.93. The lowest BCUT2D eigenvalue weighted by Gasteiger charge is -2.30. The molecule has 2 N–H and O–H groups in total. The second-order valence-corrected chi connectivity index (χ2v) is 5.69. The average molecular weight is 294 g/mol. The number of nitrogens with zero attached hydrogens (tertiary/aromatic N) is 1. The largest absolute Gasteiger partial charge is 0.467 e. The van der Waals surface area contributed by atoms with Crippen molar-refractivity contribution in [3.8, 4) is 0 Å². The fraction of sp³-hybridized carbons (Fsp3) is 0.688. The maximum Gasteiger partial charge on any atom is 0.234 e. The SMILES string of the molecule is CCNC(=O)CN1CCCCCC1CC(O)c1ccco1. The Morgan fingerprint density at radius 3 is 3.10 bits per heavy atom. The number of hydrogen-bond acceptors (Lipinski definition) is 4. The van der Waals surface area contributed by atoms with E-state index < -0.39 is 6.10 Å². The Bertz CT molecular complexity index is 419. The Hall–Kier alpha value is -1.33. The van der Waals surface area contributed by atoms with Crippen molar-refractivity contribution in [1.82, 2.24) is 10.2 Å². The molecular formula is C16H26N2O3. The van der Waals surface area contributed by atoms with Gasteiger partial charge in [0.25, 0.3) is 0 Å². The summed E-state index contributed by atoms with van der Waals surface area (Å²) >= 11 is 0. The molecule has 0 aromatic carbocycles. The van der Waals surface area contributed by atoms with E-state index in [1.54, 1.807) is 18.4 Å². The minimum atomic E-state index is -0.597. The number of likely N-dealkylation sites (N-methyl/N-ethyl adjacent to an activating group) is 1. The van der Waals surface area contributed by atoms with Crippen LogP contribution < -0.4 is 5.32 Å². The molecule has 2 rings (SSSR count). The van der Waals surface area contributed by atoms with Gasteiger partial charge >= 0.3 is 0 Å². The highest BCUT2D eigenvalue weighted by Gasteiger charge is 2.26. The molecule has 5 heteroatoms. The third kappa shape index (κ3) is 4.86. The van der Waals surface area contributed by atoms with Crippen molar-refractivity contribution < 1.29 is 14.3 Å². The first kappa shape index (κ1) is 16.0. The summed E-state index contributed by atoms with van der Waals surface area (Å²) in [5.41, 5.74) is 0. The lowest BCUT2D eigenvalue weighted by atomic mass is 10.0. The second kappa shape index (κ2) is 8.20. The molecule has 0 bridgehead atoms. The molecule has 2 unspecified atom stereocenters. The highest BCUT2D eigenvalue weighted by molar-refractivity contribution is 5.77. The zero-order valence-electron chi connectivity index (χ0n) is 12.8. The molecule has 1 amide bonds. The molecule has 1 saturated heterocycles. The van der Waals surface area contributed by atoms with Gasteiger partial charge in [-0.1, -0.05) is 12.8 Å². The molecule has 5 nitrogen and oxygen atoms in total. The summed E-state index contributed by atoms with van der Waals surface area (Å²) in [5, 5.41) is 13.1. The van der Waals surface area contributed by atoms with Crippen LogP contribution in [0.5, 0.6) is 0 Å². The van der Waals surface area contributed by atoms with E-state index in [1.807, 2.05) is 6.92 Å². The molecule has 0 aliphatic carbocycles. The van der Waals surface area contributed by atoms with Gasteiger partial charge in [0.1, 0.15) is 11.9 Å². The van der Waals surface area contributed by atoms with Gasteiger partial charge in [-0.2, -0.15) is 0 Å². The van der Waals surface area contributed by atoms with Crippen LogP contribution >= 0.6 is 0 Å². The lowest BCUT2D eigenvalue weighted by Crippen LogP contribution is -2.43. The predicted molar refractivity (Wildman–Crippen MR) is 80.8 cm³/mol. The zero-order valence-corrected chi connectivity index (χ0v) is 12.8. The van der Waals surface area contributed by atoms with Crippen LogP contribution in [0.3, 0.4) is 0 Å². The number of hydrogen-bond donors (Lipinski definition) is 2. The van der Waals surface area contributed by atoms with E-state index in [4.69, 9.17) is 4.42 Å². The fourth-order valence-electron chi connectivity index (χ4n) is 3.00. The van der Waals surface area contributed by atoms with Gasteiger partial charge < -0.3 is 14.8 Å². The van der Waals surface area contributed by atoms with E-state index in [0.29, 0.717) is 25.3 Å². The van der Waals surface area contributed by atoms with Crippen LogP contribution in [0.2, 0.25) is 0 Å². The number of carbonyl (C=O) groups excluding carboxylic acids is 1. The molecule has 2 heterocycles. The molecule has 1 aliphatic heterocycles. The van der Waals surface area contributed by atoms with Crippen molar-refractivity contribution >= 4 is 5.91 Å². The number of aliphatic hydroxyl groups excluding tert-OH is 1. The van der Waals surface area contributed by atoms with Crippen molar-refractivity contribution in [3.05, 3.63) is 24.2 Å². The van der Waals surface area contributed by atoms with E-state index >= 15 is 0 Å². The Morgan fingerprint density at radius 1 is 1.52 bits per heavy atom. The van der Waals surface area contributed by atoms with Crippen molar-refractivity contribution in [3.63, 3.8) is 0 Å². The van der Waals surface area contributed by atoms with Gasteiger partial charge in [0.05, 0.1) is 12.8 Å². The van der Waals surface area contributed by atoms with Crippen LogP contribution in [0, 0.1) is 0 Å². The Kier molecular flexibility index (Phi) is 6.26. The molecule has 2 atom stereocenters. The lowest BCUT2D eigenvalue weighted by molar-refractivity contribution is -0.122. The number of likely N-dealkylation sites (tertiary alicyclic amines) is 1. The van der Waals surface area contributed by atoms with Crippen LogP contribution in [0.1, 0.15) is 50.9 Å². The number of nitrogens with one attached hydrogen (secondary N) is 1. The first-order valence-electron chi connectivity index (χ1n) is 7.93. The van der Waals surface area contributed by atoms with Gasteiger partial charge in [0.15, 0.2) is 0 Å². The van der Waals surface area contributed by atoms with Gasteiger partial charge in [0.2, 0.25) is 5.91 Å². The van der Waals surface area contributed by atoms with Crippen LogP contribution in [-0.4, -0.2) is 41.6 Å². The van der Waals surface area contributed by atoms with Crippen LogP contribution in [0.4, 0.5) is 0 Å². The molecule has 0 saturated carbocycles. The molecular weight excluding hydrogens is 268 g/mol. The first-order chi connectivity index (χ1) is 10.2. The average Bonchev–Trinajstić information content (AvgIpc) is 2.91. The van der Waals surface area contributed by atoms with Crippen molar-refractivity contribution in [2.45, 2.75) is 51.2 Å². The topological polar surface area (TPSA) is 65.7 Å². The summed E-state index contributed by atoms with van der Waals surface area (Å²) in [5.74, 6) is 0.675. The van der Waals surface area contributed by atoms with Crippen LogP contribution in [0.15, 0.2) is 22.8 Å². The normalized spacial score (nSPS) is 21.7. The molecule has 1 aliphatic rings. The van der Waals surface area contributed by atoms with E-state index in [9.17, 15) is 9.90 Å². The molecule has 21 heavy (non-hydrogen) atoms. The summed E-state index contributed by atoms with van der Waals surface area (Å²) in [6, 6.07) is 3.82. The van der Waals surface area contributed by atoms with Crippen molar-refractivity contribution in [1.29, 1.82) is 0 Å². The Labute approximate surface area is 126 Å². The van der Waals surface area contributed by atoms with Crippen LogP contribution in [-0.2, 0) is 4.79 Å². The van der Waals surface area contributed by atoms with E-state index in [-0.39, 0.29) is 11.9 Å². The zero-order chi connectivity index (χ0) is 15.1. The maximum absolute atomic E-state index is 11.8. The van der Waals surface area contributed by atoms with Crippen LogP contribution in [0.25, 0.3) is 0 Å². The molecule has 0 spiro atoms. The number of aliphatic hydroxyl groups is 1. The van der Waals surface area contributed by atoms with E-state index in [2.05, 4.69) is 10.2 Å². The number of carbonyl (C=O) groups is 1. The molecule has 1 aromatic heterocycles. The standard InChI is InChI=1S/C16H26N2O3/c1-2-17-16(20)12-18-9-5-3-4-7-13(18)11-14(19)15-8-6-10-21-15/h6,8,10,13-14,19H,2-5,7,9,11-12H2,1H3,(H,17,20). The quantitative estimate of drug-likeness (QED) is 0.843. The van der Waals surface area contributed by atoms with Gasteiger partial charge in [-0.3, -0.25) is 9.69 Å². The molecule has 1 fully saturated rings. The Balaban J connectivity index is 1.96. The summed E-state index contributed by atoms with van der Waals surface area (Å²) < 4.78 is 5.28. The van der Waals surface area contributed by atoms with Gasteiger partial charge in [-0.05, 0) is 44.9 Å². The predicted octanol–water partition coefficient (Wildman–Crippen LogP) is 2.08. The van der Waals surface area contributed by atoms with Crippen molar-refractivity contribution in [2.75, 3.05) is 19.6 Å². The summed E-state index contributed by atoms with van der Waals surface area (Å²) in [7, 11) is 0. The third-order valence-corrected chi connectivity index (χ3v) is 4.09. The number of amides is 1. The van der Waals surface area contributed by atoms with Gasteiger partial charge in [0, 0.05) is 12.6 Å². The minimum absolute atomic E-state index is 0.0666. The highest BCUT2D eigenvalue weighted by Crippen LogP contribution is 2.26. The summed E-state index contributed by atoms with van der Waals surface area (Å²) in [6.07, 6.45) is 6.09. The van der Waals surface area contributed by atoms with Gasteiger partial charge in [-0.25, -0.2) is 0 Å². The van der Waals surface area contributed by atoms with E-state index in [1.165, 1.54) is 6.42 Å². The van der Waals surface area contributed by atoms with Crippen molar-refractivity contribution in [2.24, 2.45) is 0 Å². The molecule has 118 valence electrons. The monoisotopic (exact) mass is 294 g/mol. The summed E-state index contributed by atoms with van der Waals surface area (Å²) in [4.78, 5) is 14.1. The minimum Gasteiger partial charge on any atom is -0.467 e. The smallest absolute Gasteiger partial charge is 0.234 e. The fourth-order valence-corrected chi connectivity index (χ4v) is 3.00.